The Hall–Kier alpha value is -0.710. The van der Waals surface area contributed by atoms with E-state index in [4.69, 9.17) is 4.74 Å². The molecule has 2 unspecified atom stereocenters. The zero-order chi connectivity index (χ0) is 10.7. The molecule has 14 heavy (non-hydrogen) atoms. The summed E-state index contributed by atoms with van der Waals surface area (Å²) in [5, 5.41) is -0.394. The van der Waals surface area contributed by atoms with Crippen molar-refractivity contribution in [1.82, 2.24) is 0 Å². The number of esters is 2. The van der Waals surface area contributed by atoms with E-state index in [0.29, 0.717) is 0 Å². The lowest BCUT2D eigenvalue weighted by Gasteiger charge is -2.10. The van der Waals surface area contributed by atoms with Gasteiger partial charge in [-0.3, -0.25) is 9.59 Å². The molecule has 1 aliphatic rings. The molecule has 0 spiro atoms. The molecule has 1 fully saturated rings. The van der Waals surface area contributed by atoms with E-state index in [2.05, 4.69) is 4.74 Å². The predicted octanol–water partition coefficient (Wildman–Crippen LogP) is 1.19. The Balaban J connectivity index is 2.49. The molecule has 1 heterocycles. The van der Waals surface area contributed by atoms with Gasteiger partial charge in [-0.05, 0) is 5.92 Å². The maximum Gasteiger partial charge on any atom is 0.320 e. The van der Waals surface area contributed by atoms with Gasteiger partial charge >= 0.3 is 11.9 Å². The van der Waals surface area contributed by atoms with Crippen molar-refractivity contribution in [3.63, 3.8) is 0 Å². The van der Waals surface area contributed by atoms with E-state index in [1.165, 1.54) is 18.9 Å². The predicted molar refractivity (Wildman–Crippen MR) is 52.7 cm³/mol. The zero-order valence-corrected chi connectivity index (χ0v) is 9.30. The number of hydrogen-bond acceptors (Lipinski definition) is 5. The quantitative estimate of drug-likeness (QED) is 0.666. The Kier molecular flexibility index (Phi) is 3.80. The minimum atomic E-state index is -0.394. The molecule has 0 amide bonds. The van der Waals surface area contributed by atoms with Crippen molar-refractivity contribution < 1.29 is 19.1 Å². The van der Waals surface area contributed by atoms with E-state index < -0.39 is 5.25 Å². The number of carbonyl (C=O) groups excluding carboxylic acids is 2. The highest BCUT2D eigenvalue weighted by Crippen LogP contribution is 2.34. The first-order valence-electron chi connectivity index (χ1n) is 4.47. The molecule has 0 N–H and O–H groups in total. The van der Waals surface area contributed by atoms with Crippen LogP contribution in [0.15, 0.2) is 0 Å². The molecule has 0 aromatic rings. The van der Waals surface area contributed by atoms with Gasteiger partial charge in [0.05, 0.1) is 13.5 Å². The van der Waals surface area contributed by atoms with Gasteiger partial charge in [0, 0.05) is 0 Å². The van der Waals surface area contributed by atoms with E-state index in [1.54, 1.807) is 0 Å². The van der Waals surface area contributed by atoms with Gasteiger partial charge in [0.2, 0.25) is 0 Å². The second-order valence-electron chi connectivity index (χ2n) is 3.45. The first-order chi connectivity index (χ1) is 6.54. The molecule has 0 aromatic heterocycles. The van der Waals surface area contributed by atoms with E-state index >= 15 is 0 Å². The summed E-state index contributed by atoms with van der Waals surface area (Å²) in [6.07, 6.45) is 0.100. The molecule has 0 aromatic carbocycles. The monoisotopic (exact) mass is 218 g/mol. The fourth-order valence-electron chi connectivity index (χ4n) is 1.09. The highest BCUT2D eigenvalue weighted by molar-refractivity contribution is 8.01. The molecule has 80 valence electrons. The number of carbonyl (C=O) groups is 2. The van der Waals surface area contributed by atoms with Crippen LogP contribution in [0.1, 0.15) is 20.3 Å². The lowest BCUT2D eigenvalue weighted by Crippen LogP contribution is -2.17. The molecule has 1 rings (SSSR count). The average Bonchev–Trinajstić information content (AvgIpc) is 2.48. The normalized spacial score (nSPS) is 26.4. The van der Waals surface area contributed by atoms with Gasteiger partial charge in [0.25, 0.3) is 0 Å². The average molecular weight is 218 g/mol. The summed E-state index contributed by atoms with van der Waals surface area (Å²) in [5.74, 6) is -0.408. The van der Waals surface area contributed by atoms with Crippen LogP contribution in [0.25, 0.3) is 0 Å². The topological polar surface area (TPSA) is 52.6 Å². The van der Waals surface area contributed by atoms with Gasteiger partial charge in [-0.1, -0.05) is 13.8 Å². The lowest BCUT2D eigenvalue weighted by molar-refractivity contribution is -0.148. The van der Waals surface area contributed by atoms with Crippen LogP contribution in [-0.2, 0) is 19.1 Å². The van der Waals surface area contributed by atoms with E-state index in [9.17, 15) is 9.59 Å². The molecule has 5 heteroatoms. The van der Waals surface area contributed by atoms with Crippen molar-refractivity contribution in [3.8, 4) is 0 Å². The van der Waals surface area contributed by atoms with Gasteiger partial charge in [-0.15, -0.1) is 11.8 Å². The summed E-state index contributed by atoms with van der Waals surface area (Å²) in [5.41, 5.74) is -0.128. The lowest BCUT2D eigenvalue weighted by atomic mass is 10.2. The summed E-state index contributed by atoms with van der Waals surface area (Å²) in [4.78, 5) is 22.2. The molecule has 1 aliphatic heterocycles. The summed E-state index contributed by atoms with van der Waals surface area (Å²) in [7, 11) is 1.31. The van der Waals surface area contributed by atoms with Crippen molar-refractivity contribution in [2.24, 2.45) is 5.92 Å². The van der Waals surface area contributed by atoms with Gasteiger partial charge in [0.15, 0.2) is 5.44 Å². The summed E-state index contributed by atoms with van der Waals surface area (Å²) < 4.78 is 9.59. The third-order valence-corrected chi connectivity index (χ3v) is 3.51. The summed E-state index contributed by atoms with van der Waals surface area (Å²) in [6.45, 7) is 3.96. The Labute approximate surface area is 87.3 Å². The first kappa shape index (κ1) is 11.4. The molecule has 0 aliphatic carbocycles. The molecule has 1 saturated heterocycles. The number of methoxy groups -OCH3 is 1. The van der Waals surface area contributed by atoms with Crippen LogP contribution in [0.4, 0.5) is 0 Å². The molecular formula is C9H14O4S. The van der Waals surface area contributed by atoms with Gasteiger partial charge < -0.3 is 9.47 Å². The molecule has 0 radical (unpaired) electrons. The minimum Gasteiger partial charge on any atom is -0.469 e. The SMILES string of the molecule is COC(=O)CC1SC(C(C)C)OC1=O. The van der Waals surface area contributed by atoms with Gasteiger partial charge in [-0.2, -0.15) is 0 Å². The van der Waals surface area contributed by atoms with Gasteiger partial charge in [0.1, 0.15) is 5.25 Å². The molecule has 2 atom stereocenters. The standard InChI is InChI=1S/C9H14O4S/c1-5(2)9-13-8(11)6(14-9)4-7(10)12-3/h5-6,9H,4H2,1-3H3. The highest BCUT2D eigenvalue weighted by Gasteiger charge is 2.38. The van der Waals surface area contributed by atoms with Crippen molar-refractivity contribution in [2.45, 2.75) is 31.0 Å². The van der Waals surface area contributed by atoms with E-state index in [0.717, 1.165) is 0 Å². The minimum absolute atomic E-state index is 0.100. The number of hydrogen-bond donors (Lipinski definition) is 0. The van der Waals surface area contributed by atoms with Crippen LogP contribution < -0.4 is 0 Å². The second kappa shape index (κ2) is 4.68. The Morgan fingerprint density at radius 1 is 1.64 bits per heavy atom. The zero-order valence-electron chi connectivity index (χ0n) is 8.48. The summed E-state index contributed by atoms with van der Waals surface area (Å²) in [6, 6.07) is 0. The molecular weight excluding hydrogens is 204 g/mol. The number of rotatable bonds is 3. The first-order valence-corrected chi connectivity index (χ1v) is 5.41. The molecule has 4 nitrogen and oxygen atoms in total. The number of thioether (sulfide) groups is 1. The van der Waals surface area contributed by atoms with Crippen molar-refractivity contribution >= 4 is 23.7 Å². The fraction of sp³-hybridized carbons (Fsp3) is 0.778. The Morgan fingerprint density at radius 3 is 2.71 bits per heavy atom. The third kappa shape index (κ3) is 2.64. The third-order valence-electron chi connectivity index (χ3n) is 1.92. The number of ether oxygens (including phenoxy) is 2. The largest absolute Gasteiger partial charge is 0.469 e. The van der Waals surface area contributed by atoms with Crippen LogP contribution in [0, 0.1) is 5.92 Å². The van der Waals surface area contributed by atoms with Crippen molar-refractivity contribution in [2.75, 3.05) is 7.11 Å². The van der Waals surface area contributed by atoms with E-state index in [-0.39, 0.29) is 29.7 Å². The van der Waals surface area contributed by atoms with E-state index in [1.807, 2.05) is 13.8 Å². The molecule has 0 bridgehead atoms. The Bertz CT molecular complexity index is 239. The maximum absolute atomic E-state index is 11.3. The fourth-order valence-corrected chi connectivity index (χ4v) is 2.28. The Morgan fingerprint density at radius 2 is 2.29 bits per heavy atom. The van der Waals surface area contributed by atoms with Crippen molar-refractivity contribution in [1.29, 1.82) is 0 Å². The maximum atomic E-state index is 11.3. The van der Waals surface area contributed by atoms with Crippen LogP contribution in [-0.4, -0.2) is 29.7 Å². The summed E-state index contributed by atoms with van der Waals surface area (Å²) >= 11 is 1.40. The van der Waals surface area contributed by atoms with Crippen molar-refractivity contribution in [3.05, 3.63) is 0 Å². The van der Waals surface area contributed by atoms with Crippen LogP contribution >= 0.6 is 11.8 Å². The second-order valence-corrected chi connectivity index (χ2v) is 4.76. The van der Waals surface area contributed by atoms with Crippen LogP contribution in [0.3, 0.4) is 0 Å². The molecule has 0 saturated carbocycles. The highest BCUT2D eigenvalue weighted by atomic mass is 32.2. The van der Waals surface area contributed by atoms with Crippen LogP contribution in [0.5, 0.6) is 0 Å². The van der Waals surface area contributed by atoms with Gasteiger partial charge in [-0.25, -0.2) is 0 Å². The van der Waals surface area contributed by atoms with Crippen LogP contribution in [0.2, 0.25) is 0 Å². The number of cyclic esters (lactones) is 1. The smallest absolute Gasteiger partial charge is 0.320 e.